The minimum absolute atomic E-state index is 0.249. The average Bonchev–Trinajstić information content (AvgIpc) is 2.75. The van der Waals surface area contributed by atoms with Crippen molar-refractivity contribution >= 4 is 28.9 Å². The molecule has 0 radical (unpaired) electrons. The van der Waals surface area contributed by atoms with Gasteiger partial charge < -0.3 is 10.1 Å². The number of hydrogen-bond acceptors (Lipinski definition) is 3. The van der Waals surface area contributed by atoms with Gasteiger partial charge in [-0.2, -0.15) is 0 Å². The van der Waals surface area contributed by atoms with Crippen LogP contribution in [0.2, 0.25) is 0 Å². The fourth-order valence-corrected chi connectivity index (χ4v) is 3.04. The molecule has 2 N–H and O–H groups in total. The molecule has 3 aromatic carbocycles. The van der Waals surface area contributed by atoms with Crippen LogP contribution in [-0.4, -0.2) is 17.6 Å². The molecule has 0 aliphatic heterocycles. The maximum absolute atomic E-state index is 12.5. The lowest BCUT2D eigenvalue weighted by atomic mass is 10.0. The van der Waals surface area contributed by atoms with E-state index in [0.717, 1.165) is 29.0 Å². The first-order valence-corrected chi connectivity index (χ1v) is 10.4. The van der Waals surface area contributed by atoms with E-state index >= 15 is 0 Å². The van der Waals surface area contributed by atoms with Crippen LogP contribution in [0, 0.1) is 5.92 Å². The van der Waals surface area contributed by atoms with Crippen molar-refractivity contribution < 1.29 is 9.53 Å². The zero-order chi connectivity index (χ0) is 21.3. The van der Waals surface area contributed by atoms with Gasteiger partial charge >= 0.3 is 0 Å². The highest BCUT2D eigenvalue weighted by atomic mass is 32.1. The van der Waals surface area contributed by atoms with Gasteiger partial charge in [0.2, 0.25) is 0 Å². The Kier molecular flexibility index (Phi) is 7.57. The highest BCUT2D eigenvalue weighted by molar-refractivity contribution is 7.80. The molecule has 5 heteroatoms. The second kappa shape index (κ2) is 10.6. The van der Waals surface area contributed by atoms with E-state index in [1.54, 1.807) is 12.1 Å². The van der Waals surface area contributed by atoms with E-state index < -0.39 is 0 Å². The normalized spacial score (nSPS) is 10.5. The summed E-state index contributed by atoms with van der Waals surface area (Å²) in [5.41, 5.74) is 3.51. The predicted molar refractivity (Wildman–Crippen MR) is 127 cm³/mol. The number of ether oxygens (including phenoxy) is 1. The molecule has 0 spiro atoms. The molecule has 0 aliphatic carbocycles. The molecule has 0 bridgehead atoms. The molecule has 0 saturated carbocycles. The molecule has 1 amide bonds. The summed E-state index contributed by atoms with van der Waals surface area (Å²) in [7, 11) is 0. The molecule has 4 nitrogen and oxygen atoms in total. The number of hydrogen-bond donors (Lipinski definition) is 2. The van der Waals surface area contributed by atoms with Crippen molar-refractivity contribution in [2.45, 2.75) is 20.3 Å². The summed E-state index contributed by atoms with van der Waals surface area (Å²) in [5.74, 6) is 1.18. The Labute approximate surface area is 183 Å². The molecule has 0 atom stereocenters. The summed E-state index contributed by atoms with van der Waals surface area (Å²) >= 11 is 5.27. The van der Waals surface area contributed by atoms with Crippen molar-refractivity contribution in [2.75, 3.05) is 11.9 Å². The van der Waals surface area contributed by atoms with Gasteiger partial charge in [0.1, 0.15) is 5.75 Å². The van der Waals surface area contributed by atoms with E-state index in [1.165, 1.54) is 0 Å². The third-order valence-corrected chi connectivity index (χ3v) is 4.76. The fourth-order valence-electron chi connectivity index (χ4n) is 2.83. The van der Waals surface area contributed by atoms with Crippen LogP contribution in [0.25, 0.3) is 11.1 Å². The summed E-state index contributed by atoms with van der Waals surface area (Å²) in [6, 6.07) is 25.0. The quantitative estimate of drug-likeness (QED) is 0.469. The van der Waals surface area contributed by atoms with Gasteiger partial charge in [0.05, 0.1) is 6.61 Å². The topological polar surface area (TPSA) is 50.4 Å². The fraction of sp³-hybridized carbons (Fsp3) is 0.200. The summed E-state index contributed by atoms with van der Waals surface area (Å²) in [6.45, 7) is 5.04. The van der Waals surface area contributed by atoms with Crippen LogP contribution in [0.3, 0.4) is 0 Å². The minimum atomic E-state index is -0.249. The maximum atomic E-state index is 12.5. The van der Waals surface area contributed by atoms with Gasteiger partial charge in [-0.3, -0.25) is 10.1 Å². The summed E-state index contributed by atoms with van der Waals surface area (Å²) < 4.78 is 5.71. The molecule has 0 aromatic heterocycles. The highest BCUT2D eigenvalue weighted by Gasteiger charge is 2.09. The van der Waals surface area contributed by atoms with Gasteiger partial charge in [-0.15, -0.1) is 0 Å². The van der Waals surface area contributed by atoms with E-state index in [-0.39, 0.29) is 11.0 Å². The van der Waals surface area contributed by atoms with Crippen LogP contribution in [0.4, 0.5) is 5.69 Å². The molecule has 0 fully saturated rings. The van der Waals surface area contributed by atoms with E-state index in [0.29, 0.717) is 18.1 Å². The Morgan fingerprint density at radius 1 is 0.900 bits per heavy atom. The first kappa shape index (κ1) is 21.5. The number of thiocarbonyl (C=S) groups is 1. The number of benzene rings is 3. The van der Waals surface area contributed by atoms with Crippen molar-refractivity contribution in [1.29, 1.82) is 0 Å². The van der Waals surface area contributed by atoms with Gasteiger partial charge in [-0.1, -0.05) is 56.3 Å². The maximum Gasteiger partial charge on any atom is 0.257 e. The molecule has 154 valence electrons. The molecular weight excluding hydrogens is 392 g/mol. The van der Waals surface area contributed by atoms with Crippen molar-refractivity contribution in [2.24, 2.45) is 5.92 Å². The summed E-state index contributed by atoms with van der Waals surface area (Å²) in [5, 5.41) is 5.99. The average molecular weight is 419 g/mol. The monoisotopic (exact) mass is 418 g/mol. The molecule has 0 aliphatic rings. The summed E-state index contributed by atoms with van der Waals surface area (Å²) in [6.07, 6.45) is 1.02. The van der Waals surface area contributed by atoms with Crippen molar-refractivity contribution in [3.63, 3.8) is 0 Å². The third-order valence-electron chi connectivity index (χ3n) is 4.56. The lowest BCUT2D eigenvalue weighted by Gasteiger charge is -2.11. The van der Waals surface area contributed by atoms with E-state index in [2.05, 4.69) is 24.5 Å². The second-order valence-electron chi connectivity index (χ2n) is 7.41. The number of anilines is 1. The number of amides is 1. The number of carbonyl (C=O) groups is 1. The molecule has 3 aromatic rings. The van der Waals surface area contributed by atoms with Crippen LogP contribution in [0.5, 0.6) is 5.75 Å². The van der Waals surface area contributed by atoms with Crippen LogP contribution < -0.4 is 15.4 Å². The van der Waals surface area contributed by atoms with Crippen LogP contribution >= 0.6 is 12.2 Å². The number of carbonyl (C=O) groups excluding carboxylic acids is 1. The smallest absolute Gasteiger partial charge is 0.257 e. The SMILES string of the molecule is CC(C)CCOc1ccc(NC(=S)NC(=O)c2ccc(-c3ccccc3)cc2)cc1. The lowest BCUT2D eigenvalue weighted by Crippen LogP contribution is -2.34. The molecule has 0 unspecified atom stereocenters. The molecule has 0 heterocycles. The Balaban J connectivity index is 1.51. The standard InChI is InChI=1S/C25H26N2O2S/c1-18(2)16-17-29-23-14-12-22(13-15-23)26-25(30)27-24(28)21-10-8-20(9-11-21)19-6-4-3-5-7-19/h3-15,18H,16-17H2,1-2H3,(H2,26,27,28,30). The first-order chi connectivity index (χ1) is 14.5. The van der Waals surface area contributed by atoms with Crippen LogP contribution in [0.1, 0.15) is 30.6 Å². The minimum Gasteiger partial charge on any atom is -0.494 e. The zero-order valence-electron chi connectivity index (χ0n) is 17.2. The van der Waals surface area contributed by atoms with Crippen molar-refractivity contribution in [3.05, 3.63) is 84.4 Å². The van der Waals surface area contributed by atoms with Crippen LogP contribution in [-0.2, 0) is 0 Å². The third kappa shape index (κ3) is 6.42. The largest absolute Gasteiger partial charge is 0.494 e. The van der Waals surface area contributed by atoms with Crippen LogP contribution in [0.15, 0.2) is 78.9 Å². The van der Waals surface area contributed by atoms with Gasteiger partial charge in [-0.25, -0.2) is 0 Å². The van der Waals surface area contributed by atoms with Crippen molar-refractivity contribution in [3.8, 4) is 16.9 Å². The van der Waals surface area contributed by atoms with Gasteiger partial charge in [-0.05, 0) is 72.1 Å². The number of rotatable bonds is 7. The second-order valence-corrected chi connectivity index (χ2v) is 7.82. The molecule has 30 heavy (non-hydrogen) atoms. The van der Waals surface area contributed by atoms with Gasteiger partial charge in [0.25, 0.3) is 5.91 Å². The predicted octanol–water partition coefficient (Wildman–Crippen LogP) is 5.91. The van der Waals surface area contributed by atoms with Crippen molar-refractivity contribution in [1.82, 2.24) is 5.32 Å². The van der Waals surface area contributed by atoms with Gasteiger partial charge in [0, 0.05) is 11.3 Å². The van der Waals surface area contributed by atoms with E-state index in [1.807, 2.05) is 66.7 Å². The Hall–Kier alpha value is -3.18. The van der Waals surface area contributed by atoms with E-state index in [4.69, 9.17) is 17.0 Å². The Bertz CT molecular complexity index is 968. The van der Waals surface area contributed by atoms with Gasteiger partial charge in [0.15, 0.2) is 5.11 Å². The lowest BCUT2D eigenvalue weighted by molar-refractivity contribution is 0.0977. The number of nitrogens with one attached hydrogen (secondary N) is 2. The summed E-state index contributed by atoms with van der Waals surface area (Å²) in [4.78, 5) is 12.5. The highest BCUT2D eigenvalue weighted by Crippen LogP contribution is 2.19. The Morgan fingerprint density at radius 3 is 2.17 bits per heavy atom. The zero-order valence-corrected chi connectivity index (χ0v) is 18.0. The molecule has 0 saturated heterocycles. The van der Waals surface area contributed by atoms with E-state index in [9.17, 15) is 4.79 Å². The Morgan fingerprint density at radius 2 is 1.53 bits per heavy atom. The molecule has 3 rings (SSSR count). The molecular formula is C25H26N2O2S. The first-order valence-electron chi connectivity index (χ1n) is 10.0.